The number of nitrogens with zero attached hydrogens (tertiary/aromatic N) is 6. The smallest absolute Gasteiger partial charge is 0.334 e. The van der Waals surface area contributed by atoms with Gasteiger partial charge in [0.2, 0.25) is 23.8 Å². The molecule has 0 bridgehead atoms. The Hall–Kier alpha value is -7.54. The summed E-state index contributed by atoms with van der Waals surface area (Å²) in [5.74, 6) is -2.87. The lowest BCUT2D eigenvalue weighted by atomic mass is 10.1. The lowest BCUT2D eigenvalue weighted by Crippen LogP contribution is -2.35. The van der Waals surface area contributed by atoms with Crippen molar-refractivity contribution in [2.45, 2.75) is 72.1 Å². The highest BCUT2D eigenvalue weighted by Crippen LogP contribution is 2.26. The maximum absolute atomic E-state index is 12.8. The van der Waals surface area contributed by atoms with Gasteiger partial charge in [-0.25, -0.2) is 10.1 Å². The minimum atomic E-state index is -4.84. The molecule has 4 atom stereocenters. The zero-order valence-corrected chi connectivity index (χ0v) is 40.2. The fraction of sp³-hybridized carbons (Fsp3) is 0.205. The molecule has 0 aliphatic rings. The molecular weight excluding hydrogens is 1000 g/mol. The molecule has 2 heterocycles. The standard InChI is InChI=1S/C44H46N10O15S3/c1-24(55)19-34(25(2)56)47-43-49-37(48-42(53-43)46-32-8-6-9-33(23-32)70(60,61)62)21-28-12-16-29(36(20-28)72(66,67)68)15-11-27-13-17-31(18-14-27)45-41-50-38(22-30-7-4-5-10-35(30)71(63,64)65)51-44(54-41)52-39(40(57)58)26(3)69-59/h4-18,20,23-25,34,39,55-56,59H,3,19,21-22H2,1-2H3,(H,57,58)(H,60,61,62)(H,63,64,65)(H,66,67,68)(H2,45,50,51,52,54)(H2,46,47,48,49,53)/b15-11+. The second kappa shape index (κ2) is 22.7. The fourth-order valence-corrected chi connectivity index (χ4v) is 8.75. The van der Waals surface area contributed by atoms with Gasteiger partial charge in [-0.05, 0) is 85.0 Å². The Morgan fingerprint density at radius 1 is 0.667 bits per heavy atom. The van der Waals surface area contributed by atoms with Crippen molar-refractivity contribution in [2.24, 2.45) is 0 Å². The highest BCUT2D eigenvalue weighted by molar-refractivity contribution is 7.86. The van der Waals surface area contributed by atoms with Gasteiger partial charge in [-0.15, -0.1) is 0 Å². The summed E-state index contributed by atoms with van der Waals surface area (Å²) < 4.78 is 103. The summed E-state index contributed by atoms with van der Waals surface area (Å²) in [5.41, 5.74) is 1.57. The molecular formula is C44H46N10O15S3. The first kappa shape index (κ1) is 53.8. The van der Waals surface area contributed by atoms with Gasteiger partial charge >= 0.3 is 5.97 Å². The van der Waals surface area contributed by atoms with Gasteiger partial charge in [-0.1, -0.05) is 67.3 Å². The van der Waals surface area contributed by atoms with Gasteiger partial charge < -0.3 is 41.5 Å². The number of rotatable bonds is 23. The number of aliphatic carboxylic acids is 1. The molecule has 0 aliphatic heterocycles. The van der Waals surface area contributed by atoms with Crippen molar-refractivity contribution < 1.29 is 69.2 Å². The first-order valence-corrected chi connectivity index (χ1v) is 25.3. The zero-order chi connectivity index (χ0) is 52.5. The van der Waals surface area contributed by atoms with E-state index in [-0.39, 0.29) is 71.5 Å². The van der Waals surface area contributed by atoms with E-state index in [1.165, 1.54) is 74.5 Å². The SMILES string of the molecule is C=C(OO)C(Nc1nc(Cc2ccccc2S(=O)(=O)O)nc(Nc2ccc(/C=C/c3ccc(Cc4nc(Nc5cccc(S(=O)(=O)O)c5)nc(NC(CC(C)O)C(C)O)n4)cc3S(=O)(=O)O)cc2)n1)C(=O)O. The number of benzene rings is 4. The summed E-state index contributed by atoms with van der Waals surface area (Å²) in [6.45, 7) is 6.37. The van der Waals surface area contributed by atoms with E-state index in [0.29, 0.717) is 16.8 Å². The first-order chi connectivity index (χ1) is 33.8. The van der Waals surface area contributed by atoms with Crippen LogP contribution in [0.1, 0.15) is 54.2 Å². The molecule has 2 aromatic heterocycles. The number of aliphatic hydroxyl groups excluding tert-OH is 2. The maximum atomic E-state index is 12.8. The van der Waals surface area contributed by atoms with Crippen molar-refractivity contribution >= 4 is 83.6 Å². The Balaban J connectivity index is 1.26. The minimum absolute atomic E-state index is 0.0515. The van der Waals surface area contributed by atoms with Crippen molar-refractivity contribution in [2.75, 3.05) is 21.3 Å². The molecule has 0 saturated heterocycles. The molecule has 0 amide bonds. The molecule has 0 aliphatic carbocycles. The molecule has 0 radical (unpaired) electrons. The zero-order valence-electron chi connectivity index (χ0n) is 37.8. The second-order valence-electron chi connectivity index (χ2n) is 15.8. The van der Waals surface area contributed by atoms with Crippen LogP contribution in [0.15, 0.2) is 118 Å². The Morgan fingerprint density at radius 2 is 1.26 bits per heavy atom. The van der Waals surface area contributed by atoms with E-state index in [4.69, 9.17) is 5.26 Å². The van der Waals surface area contributed by atoms with Gasteiger partial charge in [0.05, 0.1) is 28.0 Å². The number of carboxylic acid groups (broad SMARTS) is 1. The quantitative estimate of drug-likeness (QED) is 0.0139. The third-order valence-corrected chi connectivity index (χ3v) is 12.9. The van der Waals surface area contributed by atoms with Crippen LogP contribution in [0, 0.1) is 0 Å². The van der Waals surface area contributed by atoms with Crippen LogP contribution in [0.4, 0.5) is 35.2 Å². The predicted octanol–water partition coefficient (Wildman–Crippen LogP) is 4.44. The van der Waals surface area contributed by atoms with Gasteiger partial charge in [0.25, 0.3) is 30.4 Å². The number of aromatic nitrogens is 6. The van der Waals surface area contributed by atoms with Crippen LogP contribution in [0.2, 0.25) is 0 Å². The van der Waals surface area contributed by atoms with Gasteiger partial charge in [0.15, 0.2) is 11.8 Å². The number of carbonyl (C=O) groups is 1. The molecule has 4 unspecified atom stereocenters. The molecule has 0 saturated carbocycles. The topological polar surface area (TPSA) is 396 Å². The Morgan fingerprint density at radius 3 is 1.85 bits per heavy atom. The summed E-state index contributed by atoms with van der Waals surface area (Å²) in [7, 11) is -14.1. The van der Waals surface area contributed by atoms with Crippen LogP contribution in [0.25, 0.3) is 12.2 Å². The van der Waals surface area contributed by atoms with Crippen LogP contribution in [0.5, 0.6) is 0 Å². The number of aliphatic hydroxyl groups is 2. The number of anilines is 6. The minimum Gasteiger partial charge on any atom is -0.479 e. The molecule has 6 aromatic rings. The molecule has 6 rings (SSSR count). The van der Waals surface area contributed by atoms with Crippen LogP contribution in [-0.2, 0) is 52.9 Å². The lowest BCUT2D eigenvalue weighted by molar-refractivity contribution is -0.207. The van der Waals surface area contributed by atoms with Crippen molar-refractivity contribution in [3.63, 3.8) is 0 Å². The summed E-state index contributed by atoms with van der Waals surface area (Å²) in [6.07, 6.45) is 0.842. The van der Waals surface area contributed by atoms with Crippen molar-refractivity contribution in [1.29, 1.82) is 0 Å². The number of nitrogens with one attached hydrogen (secondary N) is 4. The molecule has 11 N–H and O–H groups in total. The average molecular weight is 1050 g/mol. The maximum Gasteiger partial charge on any atom is 0.334 e. The van der Waals surface area contributed by atoms with Gasteiger partial charge in [-0.2, -0.15) is 55.2 Å². The van der Waals surface area contributed by atoms with E-state index in [1.54, 1.807) is 36.4 Å². The summed E-state index contributed by atoms with van der Waals surface area (Å²) in [5, 5.41) is 50.4. The van der Waals surface area contributed by atoms with Crippen molar-refractivity contribution in [3.8, 4) is 0 Å². The van der Waals surface area contributed by atoms with Crippen molar-refractivity contribution in [1.82, 2.24) is 29.9 Å². The van der Waals surface area contributed by atoms with Crippen LogP contribution >= 0.6 is 0 Å². The first-order valence-electron chi connectivity index (χ1n) is 21.0. The van der Waals surface area contributed by atoms with E-state index in [2.05, 4.69) is 62.6 Å². The summed E-state index contributed by atoms with van der Waals surface area (Å²) in [6, 6.07) is 18.8. The van der Waals surface area contributed by atoms with Gasteiger partial charge in [-0.3, -0.25) is 13.7 Å². The fourth-order valence-electron chi connectivity index (χ4n) is 6.77. The highest BCUT2D eigenvalue weighted by Gasteiger charge is 2.26. The van der Waals surface area contributed by atoms with Crippen LogP contribution < -0.4 is 21.3 Å². The third kappa shape index (κ3) is 15.0. The van der Waals surface area contributed by atoms with E-state index in [0.717, 1.165) is 6.07 Å². The van der Waals surface area contributed by atoms with Gasteiger partial charge in [0, 0.05) is 24.2 Å². The largest absolute Gasteiger partial charge is 0.479 e. The molecule has 28 heteroatoms. The number of hydrogen-bond acceptors (Lipinski definition) is 21. The van der Waals surface area contributed by atoms with E-state index in [9.17, 15) is 59.0 Å². The van der Waals surface area contributed by atoms with Gasteiger partial charge in [0.1, 0.15) is 16.5 Å². The van der Waals surface area contributed by atoms with Crippen molar-refractivity contribution in [3.05, 3.63) is 137 Å². The Labute approximate surface area is 411 Å². The number of hydrogen-bond donors (Lipinski definition) is 11. The predicted molar refractivity (Wildman–Crippen MR) is 259 cm³/mol. The summed E-state index contributed by atoms with van der Waals surface area (Å²) >= 11 is 0. The van der Waals surface area contributed by atoms with Crippen LogP contribution in [-0.4, -0.2) is 120 Å². The molecule has 72 heavy (non-hydrogen) atoms. The average Bonchev–Trinajstić information content (AvgIpc) is 3.29. The Bertz CT molecular complexity index is 3350. The van der Waals surface area contributed by atoms with E-state index < -0.39 is 81.1 Å². The van der Waals surface area contributed by atoms with E-state index in [1.807, 2.05) is 0 Å². The highest BCUT2D eigenvalue weighted by atomic mass is 32.2. The normalized spacial score (nSPS) is 13.7. The molecule has 0 spiro atoms. The lowest BCUT2D eigenvalue weighted by Gasteiger charge is -2.23. The summed E-state index contributed by atoms with van der Waals surface area (Å²) in [4.78, 5) is 40.5. The third-order valence-electron chi connectivity index (χ3n) is 10.1. The van der Waals surface area contributed by atoms with Crippen LogP contribution in [0.3, 0.4) is 0 Å². The van der Waals surface area contributed by atoms with E-state index >= 15 is 0 Å². The molecule has 0 fully saturated rings. The molecule has 380 valence electrons. The number of carboxylic acids is 1. The molecule has 4 aromatic carbocycles. The second-order valence-corrected chi connectivity index (χ2v) is 20.0. The molecule has 25 nitrogen and oxygen atoms in total. The Kier molecular flexibility index (Phi) is 17.0. The monoisotopic (exact) mass is 1050 g/mol.